The van der Waals surface area contributed by atoms with E-state index < -0.39 is 0 Å². The fraction of sp³-hybridized carbons (Fsp3) is 0.333. The van der Waals surface area contributed by atoms with E-state index >= 15 is 0 Å². The second-order valence-corrected chi connectivity index (χ2v) is 0.524. The monoisotopic (exact) mass is 113 g/mol. The van der Waals surface area contributed by atoms with Crippen molar-refractivity contribution in [2.75, 3.05) is 6.54 Å². The molecule has 0 bridgehead atoms. The molecule has 2 heteroatoms. The molecular weight excluding hydrogens is 106 g/mol. The number of hydrogen-bond donors (Lipinski definition) is 1. The zero-order chi connectivity index (χ0) is 3.41. The molecule has 0 aromatic carbocycles. The van der Waals surface area contributed by atoms with E-state index in [-0.39, 0.29) is 17.1 Å². The zero-order valence-corrected chi connectivity index (χ0v) is 4.03. The van der Waals surface area contributed by atoms with Crippen LogP contribution >= 0.6 is 0 Å². The van der Waals surface area contributed by atoms with Crippen molar-refractivity contribution in [1.29, 1.82) is 0 Å². The van der Waals surface area contributed by atoms with E-state index in [1.165, 1.54) is 0 Å². The molecule has 0 aliphatic rings. The zero-order valence-electron chi connectivity index (χ0n) is 2.92. The Morgan fingerprint density at radius 1 is 1.80 bits per heavy atom. The number of hydrogen-bond acceptors (Lipinski definition) is 1. The van der Waals surface area contributed by atoms with Crippen LogP contribution in [0.25, 0.3) is 0 Å². The molecule has 0 aromatic heterocycles. The predicted octanol–water partition coefficient (Wildman–Crippen LogP) is 0.129. The maximum atomic E-state index is 4.91. The van der Waals surface area contributed by atoms with Crippen molar-refractivity contribution in [2.24, 2.45) is 5.73 Å². The van der Waals surface area contributed by atoms with Crippen LogP contribution < -0.4 is 5.73 Å². The van der Waals surface area contributed by atoms with E-state index in [9.17, 15) is 0 Å². The van der Waals surface area contributed by atoms with Gasteiger partial charge in [0.2, 0.25) is 0 Å². The summed E-state index contributed by atoms with van der Waals surface area (Å²) in [5.74, 6) is 0. The molecule has 5 heavy (non-hydrogen) atoms. The van der Waals surface area contributed by atoms with Gasteiger partial charge in [-0.3, -0.25) is 0 Å². The van der Waals surface area contributed by atoms with Gasteiger partial charge in [0, 0.05) is 23.6 Å². The van der Waals surface area contributed by atoms with E-state index in [4.69, 9.17) is 5.73 Å². The molecular formula is C3H7FeN. The van der Waals surface area contributed by atoms with Gasteiger partial charge in [-0.15, -0.1) is 6.58 Å². The van der Waals surface area contributed by atoms with Crippen molar-refractivity contribution in [1.82, 2.24) is 0 Å². The van der Waals surface area contributed by atoms with Gasteiger partial charge in [0.15, 0.2) is 0 Å². The molecule has 0 saturated heterocycles. The fourth-order valence-electron chi connectivity index (χ4n) is 0. The molecule has 0 saturated carbocycles. The molecule has 2 N–H and O–H groups in total. The summed E-state index contributed by atoms with van der Waals surface area (Å²) in [6.45, 7) is 3.94. The molecule has 1 nitrogen and oxygen atoms in total. The Balaban J connectivity index is 0. The molecule has 0 aliphatic heterocycles. The van der Waals surface area contributed by atoms with Gasteiger partial charge in [-0.2, -0.15) is 0 Å². The maximum absolute atomic E-state index is 4.91. The summed E-state index contributed by atoms with van der Waals surface area (Å²) >= 11 is 0. The van der Waals surface area contributed by atoms with Gasteiger partial charge in [0.1, 0.15) is 0 Å². The fourth-order valence-corrected chi connectivity index (χ4v) is 0. The summed E-state index contributed by atoms with van der Waals surface area (Å²) in [5.41, 5.74) is 4.91. The summed E-state index contributed by atoms with van der Waals surface area (Å²) in [6.07, 6.45) is 1.65. The third kappa shape index (κ3) is 14.0. The van der Waals surface area contributed by atoms with Crippen LogP contribution in [0.2, 0.25) is 0 Å². The van der Waals surface area contributed by atoms with Gasteiger partial charge in [-0.05, 0) is 0 Å². The molecule has 0 rings (SSSR count). The van der Waals surface area contributed by atoms with E-state index in [1.54, 1.807) is 6.08 Å². The molecule has 0 fully saturated rings. The molecule has 0 atom stereocenters. The first-order valence-electron chi connectivity index (χ1n) is 1.22. The minimum atomic E-state index is 0. The van der Waals surface area contributed by atoms with Crippen molar-refractivity contribution < 1.29 is 17.1 Å². The molecule has 0 heterocycles. The number of rotatable bonds is 1. The van der Waals surface area contributed by atoms with Gasteiger partial charge in [-0.25, -0.2) is 0 Å². The Bertz CT molecular complexity index is 20.9. The van der Waals surface area contributed by atoms with Crippen molar-refractivity contribution in [3.63, 3.8) is 0 Å². The predicted molar refractivity (Wildman–Crippen MR) is 19.3 cm³/mol. The molecule has 0 spiro atoms. The first-order chi connectivity index (χ1) is 1.91. The Morgan fingerprint density at radius 3 is 2.00 bits per heavy atom. The van der Waals surface area contributed by atoms with Gasteiger partial charge in [0.25, 0.3) is 0 Å². The Hall–Kier alpha value is 0.219. The van der Waals surface area contributed by atoms with E-state index in [0.29, 0.717) is 6.54 Å². The van der Waals surface area contributed by atoms with Crippen LogP contribution in [0, 0.1) is 0 Å². The van der Waals surface area contributed by atoms with Crippen LogP contribution in [0.5, 0.6) is 0 Å². The van der Waals surface area contributed by atoms with Gasteiger partial charge in [0.05, 0.1) is 0 Å². The summed E-state index contributed by atoms with van der Waals surface area (Å²) in [7, 11) is 0. The molecule has 0 aromatic rings. The van der Waals surface area contributed by atoms with Crippen LogP contribution in [0.15, 0.2) is 12.7 Å². The summed E-state index contributed by atoms with van der Waals surface area (Å²) in [4.78, 5) is 0. The SMILES string of the molecule is C=CCN.[Fe]. The van der Waals surface area contributed by atoms with E-state index in [0.717, 1.165) is 0 Å². The third-order valence-corrected chi connectivity index (χ3v) is 0.167. The first-order valence-corrected chi connectivity index (χ1v) is 1.22. The summed E-state index contributed by atoms with van der Waals surface area (Å²) < 4.78 is 0. The second-order valence-electron chi connectivity index (χ2n) is 0.524. The molecule has 0 unspecified atom stereocenters. The Morgan fingerprint density at radius 2 is 2.00 bits per heavy atom. The quantitative estimate of drug-likeness (QED) is 0.379. The Kier molecular flexibility index (Phi) is 15.9. The Labute approximate surface area is 42.7 Å². The standard InChI is InChI=1S/C3H7N.Fe/c1-2-3-4;/h2H,1,3-4H2;. The van der Waals surface area contributed by atoms with Crippen LogP contribution in [0.4, 0.5) is 0 Å². The van der Waals surface area contributed by atoms with Crippen molar-refractivity contribution in [2.45, 2.75) is 0 Å². The third-order valence-electron chi connectivity index (χ3n) is 0.167. The largest absolute Gasteiger partial charge is 0.327 e. The minimum absolute atomic E-state index is 0. The van der Waals surface area contributed by atoms with Gasteiger partial charge < -0.3 is 5.73 Å². The van der Waals surface area contributed by atoms with Crippen LogP contribution in [0.3, 0.4) is 0 Å². The number of nitrogens with two attached hydrogens (primary N) is 1. The first kappa shape index (κ1) is 8.97. The van der Waals surface area contributed by atoms with Crippen LogP contribution in [0.1, 0.15) is 0 Å². The minimum Gasteiger partial charge on any atom is -0.327 e. The molecule has 0 amide bonds. The summed E-state index contributed by atoms with van der Waals surface area (Å²) in [6, 6.07) is 0. The van der Waals surface area contributed by atoms with Crippen LogP contribution in [-0.4, -0.2) is 6.54 Å². The smallest absolute Gasteiger partial charge is 0.0104 e. The summed E-state index contributed by atoms with van der Waals surface area (Å²) in [5, 5.41) is 0. The normalized spacial score (nSPS) is 5.00. The van der Waals surface area contributed by atoms with Gasteiger partial charge >= 0.3 is 0 Å². The van der Waals surface area contributed by atoms with Crippen LogP contribution in [-0.2, 0) is 17.1 Å². The van der Waals surface area contributed by atoms with E-state index in [1.807, 2.05) is 0 Å². The van der Waals surface area contributed by atoms with E-state index in [2.05, 4.69) is 6.58 Å². The molecule has 0 aliphatic carbocycles. The average molecular weight is 113 g/mol. The molecule has 0 radical (unpaired) electrons. The topological polar surface area (TPSA) is 26.0 Å². The average Bonchev–Trinajstić information content (AvgIpc) is 1.37. The van der Waals surface area contributed by atoms with Gasteiger partial charge in [-0.1, -0.05) is 6.08 Å². The maximum Gasteiger partial charge on any atom is 0.0104 e. The van der Waals surface area contributed by atoms with Crippen molar-refractivity contribution in [3.05, 3.63) is 12.7 Å². The molecule has 32 valence electrons. The second kappa shape index (κ2) is 8.88. The van der Waals surface area contributed by atoms with Crippen molar-refractivity contribution >= 4 is 0 Å². The van der Waals surface area contributed by atoms with Crippen molar-refractivity contribution in [3.8, 4) is 0 Å².